The summed E-state index contributed by atoms with van der Waals surface area (Å²) in [6.45, 7) is 1.61. The second-order valence-corrected chi connectivity index (χ2v) is 6.28. The predicted octanol–water partition coefficient (Wildman–Crippen LogP) is 5.48. The lowest BCUT2D eigenvalue weighted by Crippen LogP contribution is -2.11. The van der Waals surface area contributed by atoms with Crippen LogP contribution in [0.3, 0.4) is 0 Å². The Morgan fingerprint density at radius 2 is 1.40 bits per heavy atom. The molecule has 0 aliphatic carbocycles. The van der Waals surface area contributed by atoms with Crippen molar-refractivity contribution in [1.29, 1.82) is 0 Å². The molecule has 0 saturated heterocycles. The van der Waals surface area contributed by atoms with Crippen LogP contribution in [0.1, 0.15) is 34.5 Å². The van der Waals surface area contributed by atoms with Gasteiger partial charge in [-0.25, -0.2) is 0 Å². The molecule has 0 bridgehead atoms. The van der Waals surface area contributed by atoms with Crippen LogP contribution in [0.5, 0.6) is 0 Å². The van der Waals surface area contributed by atoms with E-state index in [1.807, 2.05) is 30.3 Å². The second kappa shape index (κ2) is 6.40. The van der Waals surface area contributed by atoms with Gasteiger partial charge in [0.1, 0.15) is 0 Å². The summed E-state index contributed by atoms with van der Waals surface area (Å²) in [5, 5.41) is 1.09. The van der Waals surface area contributed by atoms with Crippen molar-refractivity contribution in [3.63, 3.8) is 0 Å². The van der Waals surface area contributed by atoms with Gasteiger partial charge in [0.25, 0.3) is 0 Å². The molecule has 0 unspecified atom stereocenters. The molecule has 2 nitrogen and oxygen atoms in total. The maximum Gasteiger partial charge on any atom is 0.159 e. The number of aromatic nitrogens is 1. The summed E-state index contributed by atoms with van der Waals surface area (Å²) in [5.41, 5.74) is 4.35. The molecule has 122 valence electrons. The third-order valence-electron chi connectivity index (χ3n) is 4.64. The Labute approximate surface area is 147 Å². The number of ketones is 1. The highest BCUT2D eigenvalue weighted by Crippen LogP contribution is 2.31. The number of nitrogens with zero attached hydrogens (tertiary/aromatic N) is 1. The zero-order chi connectivity index (χ0) is 17.2. The van der Waals surface area contributed by atoms with Crippen molar-refractivity contribution in [3.8, 4) is 0 Å². The van der Waals surface area contributed by atoms with Crippen LogP contribution in [-0.2, 0) is 0 Å². The fraction of sp³-hybridized carbons (Fsp3) is 0.0870. The average molecular weight is 325 g/mol. The van der Waals surface area contributed by atoms with Gasteiger partial charge >= 0.3 is 0 Å². The molecule has 0 aliphatic heterocycles. The summed E-state index contributed by atoms with van der Waals surface area (Å²) in [6, 6.07) is 29.1. The number of rotatable bonds is 4. The predicted molar refractivity (Wildman–Crippen MR) is 102 cm³/mol. The van der Waals surface area contributed by atoms with Gasteiger partial charge in [-0.2, -0.15) is 0 Å². The number of carbonyl (C=O) groups excluding carboxylic acids is 1. The standard InChI is InChI=1S/C23H19NO/c1-17(25)20-12-13-22-21(16-20)14-15-24(22)23(18-8-4-2-5-9-18)19-10-6-3-7-11-19/h2-16,23H,1H3. The number of hydrogen-bond donors (Lipinski definition) is 0. The smallest absolute Gasteiger partial charge is 0.159 e. The highest BCUT2D eigenvalue weighted by molar-refractivity contribution is 5.98. The maximum absolute atomic E-state index is 11.7. The molecule has 0 fully saturated rings. The van der Waals surface area contributed by atoms with Crippen LogP contribution in [0, 0.1) is 0 Å². The molecule has 0 atom stereocenters. The summed E-state index contributed by atoms with van der Waals surface area (Å²) < 4.78 is 2.28. The van der Waals surface area contributed by atoms with E-state index in [1.54, 1.807) is 6.92 Å². The minimum Gasteiger partial charge on any atom is -0.336 e. The second-order valence-electron chi connectivity index (χ2n) is 6.28. The van der Waals surface area contributed by atoms with Crippen molar-refractivity contribution in [2.24, 2.45) is 0 Å². The monoisotopic (exact) mass is 325 g/mol. The Morgan fingerprint density at radius 1 is 0.800 bits per heavy atom. The van der Waals surface area contributed by atoms with E-state index in [4.69, 9.17) is 0 Å². The molecule has 1 heterocycles. The van der Waals surface area contributed by atoms with Crippen LogP contribution < -0.4 is 0 Å². The van der Waals surface area contributed by atoms with Crippen molar-refractivity contribution < 1.29 is 4.79 Å². The first kappa shape index (κ1) is 15.4. The van der Waals surface area contributed by atoms with E-state index >= 15 is 0 Å². The summed E-state index contributed by atoms with van der Waals surface area (Å²) in [4.78, 5) is 11.7. The molecule has 4 rings (SSSR count). The fourth-order valence-corrected chi connectivity index (χ4v) is 3.39. The number of Topliss-reactive ketones (excluding diaryl/α,β-unsaturated/α-hetero) is 1. The van der Waals surface area contributed by atoms with Crippen molar-refractivity contribution >= 4 is 16.7 Å². The molecule has 0 spiro atoms. The molecule has 25 heavy (non-hydrogen) atoms. The van der Waals surface area contributed by atoms with Gasteiger partial charge in [-0.05, 0) is 42.3 Å². The highest BCUT2D eigenvalue weighted by atomic mass is 16.1. The Bertz CT molecular complexity index is 976. The van der Waals surface area contributed by atoms with Crippen LogP contribution in [-0.4, -0.2) is 10.4 Å². The van der Waals surface area contributed by atoms with Gasteiger partial charge in [0.05, 0.1) is 6.04 Å². The van der Waals surface area contributed by atoms with Crippen molar-refractivity contribution in [3.05, 3.63) is 108 Å². The molecule has 0 amide bonds. The van der Waals surface area contributed by atoms with E-state index < -0.39 is 0 Å². The zero-order valence-electron chi connectivity index (χ0n) is 14.1. The van der Waals surface area contributed by atoms with Gasteiger partial charge in [0, 0.05) is 22.7 Å². The summed E-state index contributed by atoms with van der Waals surface area (Å²) in [6.07, 6.45) is 2.11. The number of benzene rings is 3. The largest absolute Gasteiger partial charge is 0.336 e. The van der Waals surface area contributed by atoms with Gasteiger partial charge in [0.15, 0.2) is 5.78 Å². The van der Waals surface area contributed by atoms with Crippen LogP contribution in [0.4, 0.5) is 0 Å². The molecule has 0 saturated carbocycles. The maximum atomic E-state index is 11.7. The molecule has 0 aliphatic rings. The Hall–Kier alpha value is -3.13. The summed E-state index contributed by atoms with van der Waals surface area (Å²) >= 11 is 0. The molecule has 2 heteroatoms. The summed E-state index contributed by atoms with van der Waals surface area (Å²) in [5.74, 6) is 0.0947. The fourth-order valence-electron chi connectivity index (χ4n) is 3.39. The van der Waals surface area contributed by atoms with Crippen LogP contribution >= 0.6 is 0 Å². The van der Waals surface area contributed by atoms with E-state index in [9.17, 15) is 4.79 Å². The van der Waals surface area contributed by atoms with Crippen molar-refractivity contribution in [2.45, 2.75) is 13.0 Å². The minimum atomic E-state index is 0.0947. The van der Waals surface area contributed by atoms with E-state index in [-0.39, 0.29) is 11.8 Å². The molecule has 3 aromatic carbocycles. The highest BCUT2D eigenvalue weighted by Gasteiger charge is 2.17. The van der Waals surface area contributed by atoms with Crippen LogP contribution in [0.2, 0.25) is 0 Å². The molecular formula is C23H19NO. The van der Waals surface area contributed by atoms with Gasteiger partial charge in [-0.3, -0.25) is 4.79 Å². The molecular weight excluding hydrogens is 306 g/mol. The lowest BCUT2D eigenvalue weighted by molar-refractivity contribution is 0.101. The first-order valence-electron chi connectivity index (χ1n) is 8.45. The lowest BCUT2D eigenvalue weighted by atomic mass is 9.98. The van der Waals surface area contributed by atoms with Crippen LogP contribution in [0.15, 0.2) is 91.1 Å². The molecule has 0 radical (unpaired) electrons. The van der Waals surface area contributed by atoms with E-state index in [0.29, 0.717) is 0 Å². The molecule has 4 aromatic rings. The third-order valence-corrected chi connectivity index (χ3v) is 4.64. The molecule has 1 aromatic heterocycles. The van der Waals surface area contributed by atoms with Gasteiger partial charge in [-0.15, -0.1) is 0 Å². The van der Waals surface area contributed by atoms with E-state index in [0.717, 1.165) is 16.5 Å². The van der Waals surface area contributed by atoms with Crippen LogP contribution in [0.25, 0.3) is 10.9 Å². The van der Waals surface area contributed by atoms with E-state index in [2.05, 4.69) is 65.4 Å². The minimum absolute atomic E-state index is 0.0947. The Balaban J connectivity index is 1.91. The molecule has 0 N–H and O–H groups in total. The average Bonchev–Trinajstić information content (AvgIpc) is 3.07. The van der Waals surface area contributed by atoms with Gasteiger partial charge in [0.2, 0.25) is 0 Å². The van der Waals surface area contributed by atoms with Gasteiger partial charge < -0.3 is 4.57 Å². The number of hydrogen-bond acceptors (Lipinski definition) is 1. The lowest BCUT2D eigenvalue weighted by Gasteiger charge is -2.21. The third kappa shape index (κ3) is 2.87. The van der Waals surface area contributed by atoms with Crippen molar-refractivity contribution in [2.75, 3.05) is 0 Å². The topological polar surface area (TPSA) is 22.0 Å². The zero-order valence-corrected chi connectivity index (χ0v) is 14.1. The number of carbonyl (C=O) groups is 1. The van der Waals surface area contributed by atoms with E-state index in [1.165, 1.54) is 11.1 Å². The first-order valence-corrected chi connectivity index (χ1v) is 8.45. The Kier molecular flexibility index (Phi) is 3.95. The SMILES string of the molecule is CC(=O)c1ccc2c(ccn2C(c2ccccc2)c2ccccc2)c1. The van der Waals surface area contributed by atoms with Gasteiger partial charge in [-0.1, -0.05) is 60.7 Å². The first-order chi connectivity index (χ1) is 12.2. The Morgan fingerprint density at radius 3 is 1.96 bits per heavy atom. The summed E-state index contributed by atoms with van der Waals surface area (Å²) in [7, 11) is 0. The normalized spacial score (nSPS) is 11.1. The number of fused-ring (bicyclic) bond motifs is 1. The quantitative estimate of drug-likeness (QED) is 0.455. The van der Waals surface area contributed by atoms with Crippen molar-refractivity contribution in [1.82, 2.24) is 4.57 Å².